The number of aromatic nitrogens is 1. The molecule has 0 spiro atoms. The number of pyridine rings is 1. The van der Waals surface area contributed by atoms with Gasteiger partial charge in [-0.1, -0.05) is 6.07 Å². The fraction of sp³-hybridized carbons (Fsp3) is 0.300. The Morgan fingerprint density at radius 3 is 2.75 bits per heavy atom. The van der Waals surface area contributed by atoms with Crippen LogP contribution in [0.1, 0.15) is 11.5 Å². The Morgan fingerprint density at radius 2 is 2.25 bits per heavy atom. The third-order valence-corrected chi connectivity index (χ3v) is 2.03. The summed E-state index contributed by atoms with van der Waals surface area (Å²) in [7, 11) is 0. The molecule has 1 unspecified atom stereocenters. The van der Waals surface area contributed by atoms with E-state index in [1.165, 1.54) is 12.4 Å². The first-order valence-electron chi connectivity index (χ1n) is 4.65. The summed E-state index contributed by atoms with van der Waals surface area (Å²) in [5.41, 5.74) is 0.508. The normalized spacial score (nSPS) is 11.8. The van der Waals surface area contributed by atoms with Crippen LogP contribution >= 0.6 is 0 Å². The van der Waals surface area contributed by atoms with Crippen LogP contribution in [0.2, 0.25) is 0 Å². The van der Waals surface area contributed by atoms with Crippen LogP contribution < -0.4 is 5.32 Å². The number of carbonyl (C=O) groups is 2. The van der Waals surface area contributed by atoms with Crippen molar-refractivity contribution >= 4 is 11.9 Å². The molecule has 1 aromatic rings. The predicted molar refractivity (Wildman–Crippen MR) is 54.7 cm³/mol. The minimum atomic E-state index is -1.05. The van der Waals surface area contributed by atoms with Crippen LogP contribution in [-0.2, 0) is 9.59 Å². The van der Waals surface area contributed by atoms with E-state index >= 15 is 0 Å². The van der Waals surface area contributed by atoms with Gasteiger partial charge in [-0.15, -0.1) is 0 Å². The van der Waals surface area contributed by atoms with Crippen LogP contribution in [0.15, 0.2) is 24.5 Å². The molecule has 1 rings (SSSR count). The van der Waals surface area contributed by atoms with Crippen LogP contribution in [0.25, 0.3) is 0 Å². The number of amides is 1. The Bertz CT molecular complexity index is 366. The molecule has 0 fully saturated rings. The summed E-state index contributed by atoms with van der Waals surface area (Å²) in [4.78, 5) is 25.6. The number of aliphatic carboxylic acids is 1. The molecule has 6 nitrogen and oxygen atoms in total. The van der Waals surface area contributed by atoms with E-state index in [1.807, 2.05) is 0 Å². The number of hydrogen-bond acceptors (Lipinski definition) is 4. The van der Waals surface area contributed by atoms with E-state index in [0.717, 1.165) is 0 Å². The number of hydrogen-bond donors (Lipinski definition) is 3. The number of rotatable bonds is 5. The molecule has 3 N–H and O–H groups in total. The minimum absolute atomic E-state index is 0.0690. The smallest absolute Gasteiger partial charge is 0.312 e. The van der Waals surface area contributed by atoms with Crippen LogP contribution in [0, 0.1) is 0 Å². The molecule has 0 aromatic carbocycles. The Balaban J connectivity index is 2.69. The number of nitrogens with one attached hydrogen (secondary N) is 1. The fourth-order valence-corrected chi connectivity index (χ4v) is 1.20. The van der Waals surface area contributed by atoms with Crippen molar-refractivity contribution in [3.8, 4) is 0 Å². The summed E-state index contributed by atoms with van der Waals surface area (Å²) >= 11 is 0. The van der Waals surface area contributed by atoms with Gasteiger partial charge in [-0.3, -0.25) is 14.6 Å². The lowest BCUT2D eigenvalue weighted by Gasteiger charge is -2.12. The highest BCUT2D eigenvalue weighted by Crippen LogP contribution is 2.13. The molecule has 0 bridgehead atoms. The molecule has 86 valence electrons. The third-order valence-electron chi connectivity index (χ3n) is 2.03. The van der Waals surface area contributed by atoms with Crippen molar-refractivity contribution in [1.82, 2.24) is 10.3 Å². The van der Waals surface area contributed by atoms with E-state index in [-0.39, 0.29) is 6.54 Å². The van der Waals surface area contributed by atoms with Gasteiger partial charge in [0.1, 0.15) is 12.5 Å². The Hall–Kier alpha value is -1.95. The Labute approximate surface area is 91.9 Å². The van der Waals surface area contributed by atoms with Crippen LogP contribution in [0.4, 0.5) is 0 Å². The molecule has 1 amide bonds. The van der Waals surface area contributed by atoms with Crippen molar-refractivity contribution in [2.45, 2.75) is 5.92 Å². The molecule has 6 heteroatoms. The summed E-state index contributed by atoms with van der Waals surface area (Å²) in [6, 6.07) is 3.25. The van der Waals surface area contributed by atoms with Gasteiger partial charge in [-0.2, -0.15) is 0 Å². The molecule has 0 aliphatic carbocycles. The fourth-order valence-electron chi connectivity index (χ4n) is 1.20. The first-order valence-corrected chi connectivity index (χ1v) is 4.65. The second kappa shape index (κ2) is 5.82. The van der Waals surface area contributed by atoms with Gasteiger partial charge in [0.2, 0.25) is 5.91 Å². The highest BCUT2D eigenvalue weighted by molar-refractivity contribution is 5.80. The SMILES string of the molecule is O=C(CO)NCC(C(=O)O)c1cccnc1. The number of carboxylic acid groups (broad SMARTS) is 1. The number of nitrogens with zero attached hydrogens (tertiary/aromatic N) is 1. The maximum absolute atomic E-state index is 11.0. The number of carbonyl (C=O) groups excluding carboxylic acids is 1. The lowest BCUT2D eigenvalue weighted by atomic mass is 10.0. The lowest BCUT2D eigenvalue weighted by Crippen LogP contribution is -2.33. The highest BCUT2D eigenvalue weighted by atomic mass is 16.4. The molecule has 16 heavy (non-hydrogen) atoms. The summed E-state index contributed by atoms with van der Waals surface area (Å²) in [6.07, 6.45) is 2.97. The topological polar surface area (TPSA) is 99.5 Å². The second-order valence-electron chi connectivity index (χ2n) is 3.14. The third kappa shape index (κ3) is 3.32. The first-order chi connectivity index (χ1) is 7.65. The van der Waals surface area contributed by atoms with Gasteiger partial charge in [0.05, 0.1) is 0 Å². The molecule has 1 atom stereocenters. The van der Waals surface area contributed by atoms with Gasteiger partial charge in [-0.05, 0) is 11.6 Å². The Morgan fingerprint density at radius 1 is 1.50 bits per heavy atom. The summed E-state index contributed by atoms with van der Waals surface area (Å²) < 4.78 is 0. The van der Waals surface area contributed by atoms with E-state index in [4.69, 9.17) is 10.2 Å². The van der Waals surface area contributed by atoms with Gasteiger partial charge in [0.25, 0.3) is 0 Å². The number of aliphatic hydroxyl groups is 1. The molecule has 0 aliphatic heterocycles. The highest BCUT2D eigenvalue weighted by Gasteiger charge is 2.20. The standard InChI is InChI=1S/C10H12N2O4/c13-6-9(14)12-5-8(10(15)16)7-2-1-3-11-4-7/h1-4,8,13H,5-6H2,(H,12,14)(H,15,16). The lowest BCUT2D eigenvalue weighted by molar-refractivity contribution is -0.138. The molecule has 0 saturated carbocycles. The van der Waals surface area contributed by atoms with Gasteiger partial charge in [-0.25, -0.2) is 0 Å². The monoisotopic (exact) mass is 224 g/mol. The zero-order valence-corrected chi connectivity index (χ0v) is 8.46. The minimum Gasteiger partial charge on any atom is -0.481 e. The zero-order chi connectivity index (χ0) is 12.0. The van der Waals surface area contributed by atoms with Crippen molar-refractivity contribution in [3.05, 3.63) is 30.1 Å². The summed E-state index contributed by atoms with van der Waals surface area (Å²) in [5, 5.41) is 19.8. The van der Waals surface area contributed by atoms with Crippen molar-refractivity contribution in [2.75, 3.05) is 13.2 Å². The zero-order valence-electron chi connectivity index (χ0n) is 8.46. The molecular weight excluding hydrogens is 212 g/mol. The summed E-state index contributed by atoms with van der Waals surface area (Å²) in [6.45, 7) is -0.722. The van der Waals surface area contributed by atoms with E-state index in [0.29, 0.717) is 5.56 Å². The average molecular weight is 224 g/mol. The predicted octanol–water partition coefficient (Wildman–Crippen LogP) is -0.642. The Kier molecular flexibility index (Phi) is 4.41. The quantitative estimate of drug-likeness (QED) is 0.617. The second-order valence-corrected chi connectivity index (χ2v) is 3.14. The van der Waals surface area contributed by atoms with Crippen molar-refractivity contribution in [3.63, 3.8) is 0 Å². The number of aliphatic hydroxyl groups excluding tert-OH is 1. The average Bonchev–Trinajstić information content (AvgIpc) is 2.30. The van der Waals surface area contributed by atoms with Gasteiger partial charge < -0.3 is 15.5 Å². The van der Waals surface area contributed by atoms with Crippen molar-refractivity contribution in [1.29, 1.82) is 0 Å². The van der Waals surface area contributed by atoms with E-state index < -0.39 is 24.4 Å². The molecule has 0 saturated heterocycles. The molecule has 0 radical (unpaired) electrons. The molecular formula is C10H12N2O4. The molecule has 1 aromatic heterocycles. The van der Waals surface area contributed by atoms with E-state index in [9.17, 15) is 9.59 Å². The van der Waals surface area contributed by atoms with Gasteiger partial charge in [0, 0.05) is 18.9 Å². The molecule has 1 heterocycles. The van der Waals surface area contributed by atoms with Crippen LogP contribution in [0.3, 0.4) is 0 Å². The largest absolute Gasteiger partial charge is 0.481 e. The summed E-state index contributed by atoms with van der Waals surface area (Å²) in [5.74, 6) is -2.51. The van der Waals surface area contributed by atoms with Gasteiger partial charge in [0.15, 0.2) is 0 Å². The van der Waals surface area contributed by atoms with Crippen molar-refractivity contribution in [2.24, 2.45) is 0 Å². The number of carboxylic acids is 1. The van der Waals surface area contributed by atoms with Crippen LogP contribution in [-0.4, -0.2) is 40.2 Å². The van der Waals surface area contributed by atoms with E-state index in [1.54, 1.807) is 12.1 Å². The van der Waals surface area contributed by atoms with Crippen molar-refractivity contribution < 1.29 is 19.8 Å². The first kappa shape index (κ1) is 12.1. The molecule has 0 aliphatic rings. The van der Waals surface area contributed by atoms with Gasteiger partial charge >= 0.3 is 5.97 Å². The van der Waals surface area contributed by atoms with Crippen LogP contribution in [0.5, 0.6) is 0 Å². The maximum Gasteiger partial charge on any atom is 0.312 e. The van der Waals surface area contributed by atoms with E-state index in [2.05, 4.69) is 10.3 Å². The maximum atomic E-state index is 11.0.